The first-order valence-electron chi connectivity index (χ1n) is 7.56. The van der Waals surface area contributed by atoms with Crippen LogP contribution < -0.4 is 4.74 Å². The molecule has 7 heteroatoms. The SMILES string of the molecule is N#Cc1c(Oc2cccc(Cl)c2Cl)cc(Sc2ccccc2)c(F)c1C#N. The van der Waals surface area contributed by atoms with E-state index in [9.17, 15) is 14.9 Å². The highest BCUT2D eigenvalue weighted by Gasteiger charge is 2.21. The average Bonchev–Trinajstić information content (AvgIpc) is 2.68. The van der Waals surface area contributed by atoms with E-state index < -0.39 is 5.82 Å². The van der Waals surface area contributed by atoms with E-state index >= 15 is 0 Å². The van der Waals surface area contributed by atoms with E-state index in [1.165, 1.54) is 6.07 Å². The first kappa shape index (κ1) is 19.1. The quantitative estimate of drug-likeness (QED) is 0.469. The summed E-state index contributed by atoms with van der Waals surface area (Å²) in [5.74, 6) is -0.544. The Morgan fingerprint density at radius 2 is 1.59 bits per heavy atom. The van der Waals surface area contributed by atoms with Crippen molar-refractivity contribution in [3.8, 4) is 23.6 Å². The Morgan fingerprint density at radius 1 is 0.889 bits per heavy atom. The Hall–Kier alpha value is -2.70. The molecule has 0 aromatic heterocycles. The van der Waals surface area contributed by atoms with Crippen molar-refractivity contribution in [3.63, 3.8) is 0 Å². The number of hydrogen-bond acceptors (Lipinski definition) is 4. The standard InChI is InChI=1S/C20H9Cl2FN2OS/c21-15-7-4-8-16(19(15)22)26-17-9-18(27-12-5-2-1-3-6-12)20(23)14(11-25)13(17)10-24/h1-9H. The first-order chi connectivity index (χ1) is 13.0. The molecule has 27 heavy (non-hydrogen) atoms. The summed E-state index contributed by atoms with van der Waals surface area (Å²) in [6, 6.07) is 18.8. The van der Waals surface area contributed by atoms with E-state index in [1.807, 2.05) is 36.4 Å². The van der Waals surface area contributed by atoms with Crippen LogP contribution in [-0.2, 0) is 0 Å². The minimum absolute atomic E-state index is 0.0260. The molecule has 0 radical (unpaired) electrons. The molecule has 0 saturated heterocycles. The van der Waals surface area contributed by atoms with Crippen molar-refractivity contribution in [2.75, 3.05) is 0 Å². The molecule has 0 fully saturated rings. The van der Waals surface area contributed by atoms with Gasteiger partial charge in [0.1, 0.15) is 39.8 Å². The van der Waals surface area contributed by atoms with Crippen molar-refractivity contribution in [1.82, 2.24) is 0 Å². The fraction of sp³-hybridized carbons (Fsp3) is 0. The molecular formula is C20H9Cl2FN2OS. The van der Waals surface area contributed by atoms with Crippen LogP contribution in [0.25, 0.3) is 0 Å². The fourth-order valence-corrected chi connectivity index (χ4v) is 3.51. The van der Waals surface area contributed by atoms with Crippen molar-refractivity contribution in [2.24, 2.45) is 0 Å². The highest BCUT2D eigenvalue weighted by atomic mass is 35.5. The van der Waals surface area contributed by atoms with Gasteiger partial charge in [0.15, 0.2) is 5.82 Å². The van der Waals surface area contributed by atoms with E-state index in [-0.39, 0.29) is 37.6 Å². The van der Waals surface area contributed by atoms with Crippen molar-refractivity contribution in [2.45, 2.75) is 9.79 Å². The predicted molar refractivity (Wildman–Crippen MR) is 103 cm³/mol. The maximum Gasteiger partial charge on any atom is 0.156 e. The van der Waals surface area contributed by atoms with Crippen LogP contribution in [-0.4, -0.2) is 0 Å². The third-order valence-electron chi connectivity index (χ3n) is 3.53. The van der Waals surface area contributed by atoms with E-state index in [0.717, 1.165) is 16.7 Å². The van der Waals surface area contributed by atoms with Crippen LogP contribution in [0, 0.1) is 28.5 Å². The molecular weight excluding hydrogens is 406 g/mol. The number of nitrogens with zero attached hydrogens (tertiary/aromatic N) is 2. The van der Waals surface area contributed by atoms with Crippen LogP contribution in [0.15, 0.2) is 64.4 Å². The molecule has 3 rings (SSSR count). The van der Waals surface area contributed by atoms with Crippen molar-refractivity contribution in [1.29, 1.82) is 10.5 Å². The average molecular weight is 415 g/mol. The minimum Gasteiger partial charge on any atom is -0.454 e. The Bertz CT molecular complexity index is 1090. The lowest BCUT2D eigenvalue weighted by atomic mass is 10.1. The summed E-state index contributed by atoms with van der Waals surface area (Å²) in [7, 11) is 0. The van der Waals surface area contributed by atoms with Gasteiger partial charge in [0.25, 0.3) is 0 Å². The molecule has 0 bridgehead atoms. The Labute approximate surface area is 169 Å². The van der Waals surface area contributed by atoms with Gasteiger partial charge in [-0.25, -0.2) is 4.39 Å². The number of rotatable bonds is 4. The zero-order chi connectivity index (χ0) is 19.4. The Balaban J connectivity index is 2.12. The van der Waals surface area contributed by atoms with Gasteiger partial charge in [-0.05, 0) is 30.3 Å². The minimum atomic E-state index is -0.771. The molecule has 0 N–H and O–H groups in total. The summed E-state index contributed by atoms with van der Waals surface area (Å²) in [6.07, 6.45) is 0. The Morgan fingerprint density at radius 3 is 2.26 bits per heavy atom. The zero-order valence-electron chi connectivity index (χ0n) is 13.5. The third-order valence-corrected chi connectivity index (χ3v) is 5.35. The molecule has 0 amide bonds. The van der Waals surface area contributed by atoms with Gasteiger partial charge in [-0.15, -0.1) is 0 Å². The van der Waals surface area contributed by atoms with Gasteiger partial charge in [0.2, 0.25) is 0 Å². The van der Waals surface area contributed by atoms with Crippen LogP contribution in [0.1, 0.15) is 11.1 Å². The maximum atomic E-state index is 14.8. The van der Waals surface area contributed by atoms with Crippen molar-refractivity contribution in [3.05, 3.63) is 81.6 Å². The van der Waals surface area contributed by atoms with Crippen LogP contribution in [0.4, 0.5) is 4.39 Å². The van der Waals surface area contributed by atoms with Gasteiger partial charge >= 0.3 is 0 Å². The molecule has 132 valence electrons. The van der Waals surface area contributed by atoms with Gasteiger partial charge in [-0.3, -0.25) is 0 Å². The molecule has 0 aliphatic rings. The van der Waals surface area contributed by atoms with Gasteiger partial charge < -0.3 is 4.74 Å². The zero-order valence-corrected chi connectivity index (χ0v) is 15.9. The second-order valence-electron chi connectivity index (χ2n) is 5.23. The molecule has 3 nitrogen and oxygen atoms in total. The van der Waals surface area contributed by atoms with E-state index in [2.05, 4.69) is 0 Å². The lowest BCUT2D eigenvalue weighted by Crippen LogP contribution is -1.98. The second kappa shape index (κ2) is 8.33. The number of nitriles is 2. The number of halogens is 3. The largest absolute Gasteiger partial charge is 0.454 e. The van der Waals surface area contributed by atoms with E-state index in [0.29, 0.717) is 0 Å². The third kappa shape index (κ3) is 4.02. The number of hydrogen-bond donors (Lipinski definition) is 0. The number of benzene rings is 3. The van der Waals surface area contributed by atoms with Crippen molar-refractivity contribution < 1.29 is 9.13 Å². The summed E-state index contributed by atoms with van der Waals surface area (Å²) in [6.45, 7) is 0. The van der Waals surface area contributed by atoms with E-state index in [1.54, 1.807) is 24.3 Å². The Kier molecular flexibility index (Phi) is 5.88. The molecule has 0 atom stereocenters. The topological polar surface area (TPSA) is 56.8 Å². The highest BCUT2D eigenvalue weighted by molar-refractivity contribution is 7.99. The summed E-state index contributed by atoms with van der Waals surface area (Å²) < 4.78 is 20.5. The molecule has 0 spiro atoms. The van der Waals surface area contributed by atoms with Crippen LogP contribution >= 0.6 is 35.0 Å². The first-order valence-corrected chi connectivity index (χ1v) is 9.14. The molecule has 3 aromatic carbocycles. The molecule has 0 heterocycles. The van der Waals surface area contributed by atoms with Gasteiger partial charge in [-0.1, -0.05) is 59.2 Å². The summed E-state index contributed by atoms with van der Waals surface area (Å²) in [4.78, 5) is 0.932. The predicted octanol–water partition coefficient (Wildman–Crippen LogP) is 6.82. The maximum absolute atomic E-state index is 14.8. The van der Waals surface area contributed by atoms with Gasteiger partial charge in [-0.2, -0.15) is 10.5 Å². The molecule has 0 saturated carbocycles. The summed E-state index contributed by atoms with van der Waals surface area (Å²) >= 11 is 13.2. The second-order valence-corrected chi connectivity index (χ2v) is 7.13. The molecule has 0 aliphatic carbocycles. The van der Waals surface area contributed by atoms with Crippen LogP contribution in [0.3, 0.4) is 0 Å². The summed E-state index contributed by atoms with van der Waals surface area (Å²) in [5, 5.41) is 19.2. The van der Waals surface area contributed by atoms with E-state index in [4.69, 9.17) is 27.9 Å². The van der Waals surface area contributed by atoms with Crippen molar-refractivity contribution >= 4 is 35.0 Å². The lowest BCUT2D eigenvalue weighted by Gasteiger charge is -2.13. The highest BCUT2D eigenvalue weighted by Crippen LogP contribution is 2.40. The van der Waals surface area contributed by atoms with Crippen LogP contribution in [0.2, 0.25) is 10.0 Å². The summed E-state index contributed by atoms with van der Waals surface area (Å²) in [5.41, 5.74) is -0.588. The smallest absolute Gasteiger partial charge is 0.156 e. The normalized spacial score (nSPS) is 10.1. The monoisotopic (exact) mass is 414 g/mol. The van der Waals surface area contributed by atoms with Gasteiger partial charge in [0.05, 0.1) is 9.92 Å². The molecule has 0 unspecified atom stereocenters. The fourth-order valence-electron chi connectivity index (χ4n) is 2.28. The van der Waals surface area contributed by atoms with Gasteiger partial charge in [0, 0.05) is 4.90 Å². The number of ether oxygens (including phenoxy) is 1. The lowest BCUT2D eigenvalue weighted by molar-refractivity contribution is 0.475. The van der Waals surface area contributed by atoms with Crippen LogP contribution in [0.5, 0.6) is 11.5 Å². The molecule has 3 aromatic rings. The molecule has 0 aliphatic heterocycles.